The molecule has 2 N–H and O–H groups in total. The van der Waals surface area contributed by atoms with Gasteiger partial charge in [-0.1, -0.05) is 11.3 Å². The molecule has 1 fully saturated rings. The van der Waals surface area contributed by atoms with Crippen molar-refractivity contribution in [3.05, 3.63) is 54.5 Å². The lowest BCUT2D eigenvalue weighted by molar-refractivity contribution is -0.119. The fourth-order valence-electron chi connectivity index (χ4n) is 4.32. The minimum Gasteiger partial charge on any atom is -0.442 e. The molecule has 176 valence electrons. The van der Waals surface area contributed by atoms with E-state index < -0.39 is 18.0 Å². The number of anilines is 1. The summed E-state index contributed by atoms with van der Waals surface area (Å²) in [4.78, 5) is 24.7. The first-order valence-corrected chi connectivity index (χ1v) is 11.2. The van der Waals surface area contributed by atoms with Crippen molar-refractivity contribution in [3.63, 3.8) is 0 Å². The minimum absolute atomic E-state index is 0.199. The third kappa shape index (κ3) is 4.43. The number of aryl methyl sites for hydroxylation is 1. The van der Waals surface area contributed by atoms with Gasteiger partial charge in [-0.15, -0.1) is 0 Å². The number of halogens is 1. The SMILES string of the molecule is CC(=O)NCC1CN(c2ccc(-c3ccc4c(ccn4CCC4CN=NN4)c3)c(F)c2)C(=O)O1. The predicted molar refractivity (Wildman–Crippen MR) is 125 cm³/mol. The second-order valence-electron chi connectivity index (χ2n) is 8.54. The minimum atomic E-state index is -0.555. The molecule has 0 radical (unpaired) electrons. The zero-order valence-corrected chi connectivity index (χ0v) is 18.7. The van der Waals surface area contributed by atoms with Crippen molar-refractivity contribution < 1.29 is 18.7 Å². The highest BCUT2D eigenvalue weighted by Gasteiger charge is 2.32. The number of ether oxygens (including phenoxy) is 1. The number of amides is 2. The number of rotatable bonds is 7. The lowest BCUT2D eigenvalue weighted by atomic mass is 10.0. The third-order valence-electron chi connectivity index (χ3n) is 6.13. The van der Waals surface area contributed by atoms with Gasteiger partial charge in [0.2, 0.25) is 5.91 Å². The Morgan fingerprint density at radius 2 is 2.15 bits per heavy atom. The molecule has 2 aliphatic rings. The zero-order valence-electron chi connectivity index (χ0n) is 18.7. The summed E-state index contributed by atoms with van der Waals surface area (Å²) in [6.07, 6.45) is 1.92. The molecule has 10 heteroatoms. The summed E-state index contributed by atoms with van der Waals surface area (Å²) in [5.41, 5.74) is 5.72. The molecule has 5 rings (SSSR count). The first kappa shape index (κ1) is 21.9. The summed E-state index contributed by atoms with van der Waals surface area (Å²) in [6, 6.07) is 12.9. The van der Waals surface area contributed by atoms with E-state index in [-0.39, 0.29) is 25.0 Å². The average Bonchev–Trinajstić information content (AvgIpc) is 3.56. The number of hydrogen-bond acceptors (Lipinski definition) is 6. The Labute approximate surface area is 195 Å². The van der Waals surface area contributed by atoms with Gasteiger partial charge < -0.3 is 14.6 Å². The second-order valence-corrected chi connectivity index (χ2v) is 8.54. The Kier molecular flexibility index (Phi) is 5.87. The molecule has 2 atom stereocenters. The van der Waals surface area contributed by atoms with Crippen molar-refractivity contribution in [1.29, 1.82) is 0 Å². The van der Waals surface area contributed by atoms with E-state index in [2.05, 4.69) is 25.6 Å². The van der Waals surface area contributed by atoms with Crippen molar-refractivity contribution in [2.75, 3.05) is 24.5 Å². The lowest BCUT2D eigenvalue weighted by Crippen LogP contribution is -2.33. The quantitative estimate of drug-likeness (QED) is 0.558. The van der Waals surface area contributed by atoms with Crippen molar-refractivity contribution in [1.82, 2.24) is 15.3 Å². The van der Waals surface area contributed by atoms with Crippen LogP contribution in [0.4, 0.5) is 14.9 Å². The molecule has 2 aromatic carbocycles. The molecule has 2 amide bonds. The number of cyclic esters (lactones) is 1. The molecule has 0 bridgehead atoms. The lowest BCUT2D eigenvalue weighted by Gasteiger charge is -2.15. The highest BCUT2D eigenvalue weighted by Crippen LogP contribution is 2.31. The molecule has 2 aliphatic heterocycles. The molecule has 34 heavy (non-hydrogen) atoms. The monoisotopic (exact) mass is 464 g/mol. The summed E-state index contributed by atoms with van der Waals surface area (Å²) in [6.45, 7) is 3.40. The third-order valence-corrected chi connectivity index (χ3v) is 6.13. The van der Waals surface area contributed by atoms with Crippen LogP contribution in [0, 0.1) is 5.82 Å². The second kappa shape index (κ2) is 9.12. The highest BCUT2D eigenvalue weighted by molar-refractivity contribution is 5.91. The smallest absolute Gasteiger partial charge is 0.414 e. The van der Waals surface area contributed by atoms with Gasteiger partial charge >= 0.3 is 6.09 Å². The fraction of sp³-hybridized carbons (Fsp3) is 0.333. The molecule has 1 saturated heterocycles. The van der Waals surface area contributed by atoms with E-state index in [1.54, 1.807) is 12.1 Å². The van der Waals surface area contributed by atoms with E-state index in [9.17, 15) is 9.59 Å². The molecule has 0 spiro atoms. The fourth-order valence-corrected chi connectivity index (χ4v) is 4.32. The van der Waals surface area contributed by atoms with Crippen molar-refractivity contribution in [3.8, 4) is 11.1 Å². The van der Waals surface area contributed by atoms with Crippen LogP contribution < -0.4 is 15.6 Å². The normalized spacial score (nSPS) is 19.5. The van der Waals surface area contributed by atoms with Gasteiger partial charge in [0.1, 0.15) is 11.9 Å². The Hall–Kier alpha value is -3.95. The molecule has 0 aliphatic carbocycles. The number of aromatic nitrogens is 1. The van der Waals surface area contributed by atoms with Gasteiger partial charge in [0.05, 0.1) is 31.4 Å². The van der Waals surface area contributed by atoms with E-state index in [1.807, 2.05) is 30.5 Å². The van der Waals surface area contributed by atoms with Gasteiger partial charge in [-0.2, -0.15) is 5.11 Å². The van der Waals surface area contributed by atoms with Crippen LogP contribution >= 0.6 is 0 Å². The number of fused-ring (bicyclic) bond motifs is 1. The van der Waals surface area contributed by atoms with Gasteiger partial charge in [-0.25, -0.2) is 9.18 Å². The first-order valence-electron chi connectivity index (χ1n) is 11.2. The number of nitrogens with zero attached hydrogens (tertiary/aromatic N) is 4. The number of nitrogens with one attached hydrogen (secondary N) is 2. The van der Waals surface area contributed by atoms with Gasteiger partial charge in [-0.05, 0) is 48.4 Å². The predicted octanol–water partition coefficient (Wildman–Crippen LogP) is 3.64. The number of benzene rings is 2. The van der Waals surface area contributed by atoms with Crippen LogP contribution in [0.15, 0.2) is 59.0 Å². The number of carbonyl (C=O) groups excluding carboxylic acids is 2. The maximum Gasteiger partial charge on any atom is 0.414 e. The van der Waals surface area contributed by atoms with Crippen molar-refractivity contribution >= 4 is 28.6 Å². The van der Waals surface area contributed by atoms with Crippen LogP contribution in [0.2, 0.25) is 0 Å². The van der Waals surface area contributed by atoms with Gasteiger partial charge in [0.15, 0.2) is 0 Å². The molecule has 0 saturated carbocycles. The average molecular weight is 465 g/mol. The van der Waals surface area contributed by atoms with Crippen LogP contribution in [0.5, 0.6) is 0 Å². The summed E-state index contributed by atoms with van der Waals surface area (Å²) >= 11 is 0. The van der Waals surface area contributed by atoms with Crippen LogP contribution in [0.3, 0.4) is 0 Å². The van der Waals surface area contributed by atoms with E-state index >= 15 is 4.39 Å². The molecular weight excluding hydrogens is 439 g/mol. The van der Waals surface area contributed by atoms with Crippen LogP contribution in [-0.2, 0) is 16.1 Å². The highest BCUT2D eigenvalue weighted by atomic mass is 19.1. The largest absolute Gasteiger partial charge is 0.442 e. The maximum atomic E-state index is 15.1. The number of carbonyl (C=O) groups is 2. The van der Waals surface area contributed by atoms with Gasteiger partial charge in [0, 0.05) is 36.1 Å². The molecular formula is C24H25FN6O3. The van der Waals surface area contributed by atoms with Crippen LogP contribution in [0.25, 0.3) is 22.0 Å². The standard InChI is InChI=1S/C24H25FN6O3/c1-15(32)26-13-20-14-31(24(33)34-20)19-3-4-21(22(25)11-19)16-2-5-23-17(10-16)6-8-30(23)9-7-18-12-27-29-28-18/h2-6,8,10-11,18,20H,7,9,12-14H2,1H3,(H,26,32)(H,27,28). The molecule has 3 heterocycles. The Balaban J connectivity index is 1.30. The van der Waals surface area contributed by atoms with E-state index in [1.165, 1.54) is 17.9 Å². The first-order chi connectivity index (χ1) is 16.5. The van der Waals surface area contributed by atoms with Gasteiger partial charge in [-0.3, -0.25) is 15.1 Å². The summed E-state index contributed by atoms with van der Waals surface area (Å²) in [7, 11) is 0. The summed E-state index contributed by atoms with van der Waals surface area (Å²) in [5.74, 6) is -0.621. The van der Waals surface area contributed by atoms with Crippen LogP contribution in [-0.4, -0.2) is 48.3 Å². The zero-order chi connectivity index (χ0) is 23.7. The summed E-state index contributed by atoms with van der Waals surface area (Å²) in [5, 5.41) is 11.4. The molecule has 3 aromatic rings. The van der Waals surface area contributed by atoms with Crippen molar-refractivity contribution in [2.45, 2.75) is 32.0 Å². The Morgan fingerprint density at radius 1 is 1.26 bits per heavy atom. The van der Waals surface area contributed by atoms with Crippen LogP contribution in [0.1, 0.15) is 13.3 Å². The topological polar surface area (TPSA) is 100 Å². The van der Waals surface area contributed by atoms with E-state index in [0.717, 1.165) is 29.4 Å². The summed E-state index contributed by atoms with van der Waals surface area (Å²) < 4.78 is 22.5. The molecule has 2 unspecified atom stereocenters. The van der Waals surface area contributed by atoms with E-state index in [0.29, 0.717) is 17.8 Å². The Bertz CT molecular complexity index is 1260. The molecule has 1 aromatic heterocycles. The maximum absolute atomic E-state index is 15.1. The van der Waals surface area contributed by atoms with Gasteiger partial charge in [0.25, 0.3) is 0 Å². The Morgan fingerprint density at radius 3 is 2.91 bits per heavy atom. The molecule has 9 nitrogen and oxygen atoms in total. The van der Waals surface area contributed by atoms with E-state index in [4.69, 9.17) is 4.74 Å². The van der Waals surface area contributed by atoms with Crippen molar-refractivity contribution in [2.24, 2.45) is 10.3 Å². The number of hydrogen-bond donors (Lipinski definition) is 2.